The van der Waals surface area contributed by atoms with Crippen molar-refractivity contribution in [3.63, 3.8) is 0 Å². The summed E-state index contributed by atoms with van der Waals surface area (Å²) < 4.78 is 7.24. The van der Waals surface area contributed by atoms with Gasteiger partial charge in [0.25, 0.3) is 0 Å². The second-order valence-corrected chi connectivity index (χ2v) is 16.0. The highest BCUT2D eigenvalue weighted by molar-refractivity contribution is 6.17. The molecule has 0 saturated carbocycles. The predicted octanol–water partition coefficient (Wildman–Crippen LogP) is 14.2. The maximum Gasteiger partial charge on any atom is 0.164 e. The van der Waals surface area contributed by atoms with Crippen molar-refractivity contribution in [1.82, 2.24) is 28.7 Å². The molecule has 0 N–H and O–H groups in total. The number of para-hydroxylation sites is 4. The van der Waals surface area contributed by atoms with E-state index in [1.165, 1.54) is 48.9 Å². The topological polar surface area (TPSA) is 53.5 Å². The third kappa shape index (κ3) is 5.48. The van der Waals surface area contributed by atoms with Crippen LogP contribution in [-0.2, 0) is 0 Å². The van der Waals surface area contributed by atoms with Gasteiger partial charge in [-0.05, 0) is 78.9 Å². The van der Waals surface area contributed by atoms with Gasteiger partial charge < -0.3 is 13.7 Å². The van der Waals surface area contributed by atoms with Crippen LogP contribution in [0.15, 0.2) is 218 Å². The van der Waals surface area contributed by atoms with E-state index in [-0.39, 0.29) is 0 Å². The highest BCUT2D eigenvalue weighted by Gasteiger charge is 2.21. The van der Waals surface area contributed by atoms with Crippen LogP contribution in [0.4, 0.5) is 0 Å². The van der Waals surface area contributed by atoms with Gasteiger partial charge in [-0.2, -0.15) is 0 Å². The Bertz CT molecular complexity index is 3790. The minimum atomic E-state index is 0.631. The first-order valence-electron chi connectivity index (χ1n) is 21.3. The molecule has 6 nitrogen and oxygen atoms in total. The van der Waals surface area contributed by atoms with E-state index in [2.05, 4.69) is 171 Å². The number of nitrogens with zero attached hydrogens (tertiary/aromatic N) is 6. The summed E-state index contributed by atoms with van der Waals surface area (Å²) in [5, 5.41) is 7.34. The van der Waals surface area contributed by atoms with E-state index < -0.39 is 0 Å². The third-order valence-corrected chi connectivity index (χ3v) is 12.5. The molecule has 9 aromatic carbocycles. The van der Waals surface area contributed by atoms with Crippen molar-refractivity contribution in [1.29, 1.82) is 0 Å². The van der Waals surface area contributed by atoms with Crippen molar-refractivity contribution in [2.45, 2.75) is 0 Å². The molecule has 0 aliphatic heterocycles. The Morgan fingerprint density at radius 1 is 0.254 bits per heavy atom. The first-order valence-corrected chi connectivity index (χ1v) is 21.3. The average molecular weight is 805 g/mol. The number of rotatable bonds is 6. The van der Waals surface area contributed by atoms with Gasteiger partial charge >= 0.3 is 0 Å². The largest absolute Gasteiger partial charge is 0.309 e. The minimum absolute atomic E-state index is 0.631. The Hall–Kier alpha value is -8.61. The van der Waals surface area contributed by atoms with E-state index in [1.54, 1.807) is 0 Å². The number of aromatic nitrogens is 6. The van der Waals surface area contributed by atoms with Crippen molar-refractivity contribution in [2.75, 3.05) is 0 Å². The highest BCUT2D eigenvalue weighted by Crippen LogP contribution is 2.41. The third-order valence-electron chi connectivity index (χ3n) is 12.5. The summed E-state index contributed by atoms with van der Waals surface area (Å²) in [7, 11) is 0. The lowest BCUT2D eigenvalue weighted by molar-refractivity contribution is 1.07. The lowest BCUT2D eigenvalue weighted by Gasteiger charge is -2.13. The molecule has 0 radical (unpaired) electrons. The minimum Gasteiger partial charge on any atom is -0.309 e. The standard InChI is InChI=1S/C57H36N6/c1-3-16-37(17-4-1)55-58-56(38-18-5-2-6-19-38)60-57(59-55)39-30-32-40(33-31-39)61-50-27-14-10-23-45(50)54-52(61)28-15-29-53(54)63-49-26-13-9-22-44(49)46-36-41(34-35-51(46)63)62-47-24-11-7-20-42(47)43-21-8-12-25-48(43)62/h1-36H. The van der Waals surface area contributed by atoms with E-state index >= 15 is 0 Å². The Morgan fingerprint density at radius 3 is 1.22 bits per heavy atom. The van der Waals surface area contributed by atoms with Crippen LogP contribution in [0.25, 0.3) is 117 Å². The molecule has 0 aliphatic carbocycles. The Morgan fingerprint density at radius 2 is 0.651 bits per heavy atom. The van der Waals surface area contributed by atoms with Crippen molar-refractivity contribution >= 4 is 65.4 Å². The van der Waals surface area contributed by atoms with E-state index in [0.29, 0.717) is 17.5 Å². The van der Waals surface area contributed by atoms with Gasteiger partial charge in [-0.15, -0.1) is 0 Å². The molecule has 0 atom stereocenters. The number of hydrogen-bond acceptors (Lipinski definition) is 3. The molecule has 0 saturated heterocycles. The zero-order valence-electron chi connectivity index (χ0n) is 34.0. The van der Waals surface area contributed by atoms with Gasteiger partial charge in [0.05, 0.1) is 38.8 Å². The zero-order valence-corrected chi connectivity index (χ0v) is 34.0. The number of benzene rings is 9. The molecule has 0 bridgehead atoms. The number of hydrogen-bond donors (Lipinski definition) is 0. The van der Waals surface area contributed by atoms with E-state index in [9.17, 15) is 0 Å². The van der Waals surface area contributed by atoms with Crippen molar-refractivity contribution in [2.24, 2.45) is 0 Å². The fourth-order valence-electron chi connectivity index (χ4n) is 9.72. The molecule has 13 rings (SSSR count). The van der Waals surface area contributed by atoms with Gasteiger partial charge in [-0.3, -0.25) is 0 Å². The summed E-state index contributed by atoms with van der Waals surface area (Å²) in [5.74, 6) is 1.92. The van der Waals surface area contributed by atoms with Gasteiger partial charge in [0.1, 0.15) is 0 Å². The molecule has 63 heavy (non-hydrogen) atoms. The highest BCUT2D eigenvalue weighted by atomic mass is 15.0. The van der Waals surface area contributed by atoms with Crippen LogP contribution < -0.4 is 0 Å². The second-order valence-electron chi connectivity index (χ2n) is 16.0. The predicted molar refractivity (Wildman–Crippen MR) is 259 cm³/mol. The molecule has 0 spiro atoms. The molecule has 0 fully saturated rings. The van der Waals surface area contributed by atoms with Crippen molar-refractivity contribution in [3.05, 3.63) is 218 Å². The molecule has 0 unspecified atom stereocenters. The quantitative estimate of drug-likeness (QED) is 0.168. The van der Waals surface area contributed by atoms with Crippen molar-refractivity contribution in [3.8, 4) is 51.2 Å². The van der Waals surface area contributed by atoms with Crippen LogP contribution in [0.3, 0.4) is 0 Å². The van der Waals surface area contributed by atoms with Crippen LogP contribution in [0, 0.1) is 0 Å². The molecule has 0 amide bonds. The van der Waals surface area contributed by atoms with Crippen LogP contribution in [0.2, 0.25) is 0 Å². The van der Waals surface area contributed by atoms with Crippen LogP contribution in [-0.4, -0.2) is 28.7 Å². The van der Waals surface area contributed by atoms with Crippen LogP contribution in [0.1, 0.15) is 0 Å². The van der Waals surface area contributed by atoms with Crippen molar-refractivity contribution < 1.29 is 0 Å². The van der Waals surface area contributed by atoms with Gasteiger partial charge in [-0.25, -0.2) is 15.0 Å². The Labute approximate surface area is 362 Å². The van der Waals surface area contributed by atoms with Crippen LogP contribution >= 0.6 is 0 Å². The molecule has 0 aliphatic rings. The molecular formula is C57H36N6. The number of fused-ring (bicyclic) bond motifs is 9. The van der Waals surface area contributed by atoms with E-state index in [1.807, 2.05) is 60.7 Å². The first-order chi connectivity index (χ1) is 31.3. The van der Waals surface area contributed by atoms with Gasteiger partial charge in [-0.1, -0.05) is 140 Å². The zero-order chi connectivity index (χ0) is 41.4. The van der Waals surface area contributed by atoms with E-state index in [4.69, 9.17) is 15.0 Å². The van der Waals surface area contributed by atoms with E-state index in [0.717, 1.165) is 50.3 Å². The smallest absolute Gasteiger partial charge is 0.164 e. The fraction of sp³-hybridized carbons (Fsp3) is 0. The average Bonchev–Trinajstić information content (AvgIpc) is 4.00. The molecule has 4 heterocycles. The van der Waals surface area contributed by atoms with Gasteiger partial charge in [0.2, 0.25) is 0 Å². The summed E-state index contributed by atoms with van der Waals surface area (Å²) in [6.45, 7) is 0. The SMILES string of the molecule is c1ccc(-c2nc(-c3ccccc3)nc(-c3ccc(-n4c5ccccc5c5c(-n6c7ccccc7c7cc(-n8c9ccccc9c9ccccc98)ccc76)cccc54)cc3)n2)cc1. The first kappa shape index (κ1) is 35.2. The summed E-state index contributed by atoms with van der Waals surface area (Å²) in [6, 6.07) is 77.4. The second kappa shape index (κ2) is 14.0. The van der Waals surface area contributed by atoms with Gasteiger partial charge in [0.15, 0.2) is 17.5 Å². The summed E-state index contributed by atoms with van der Waals surface area (Å²) in [4.78, 5) is 14.9. The molecule has 13 aromatic rings. The maximum absolute atomic E-state index is 4.99. The lowest BCUT2D eigenvalue weighted by atomic mass is 10.1. The van der Waals surface area contributed by atoms with Gasteiger partial charge in [0, 0.05) is 60.4 Å². The Kier molecular flexibility index (Phi) is 7.80. The normalized spacial score (nSPS) is 11.8. The fourth-order valence-corrected chi connectivity index (χ4v) is 9.72. The monoisotopic (exact) mass is 804 g/mol. The summed E-state index contributed by atoms with van der Waals surface area (Å²) in [6.07, 6.45) is 0. The van der Waals surface area contributed by atoms with Crippen LogP contribution in [0.5, 0.6) is 0 Å². The molecule has 294 valence electrons. The maximum atomic E-state index is 4.99. The lowest BCUT2D eigenvalue weighted by Crippen LogP contribution is -2.00. The Balaban J connectivity index is 0.974. The summed E-state index contributed by atoms with van der Waals surface area (Å²) >= 11 is 0. The molecule has 6 heteroatoms. The molecule has 4 aromatic heterocycles. The summed E-state index contributed by atoms with van der Waals surface area (Å²) in [5.41, 5.74) is 13.2. The molecular weight excluding hydrogens is 769 g/mol.